The second-order valence-corrected chi connectivity index (χ2v) is 7.52. The third-order valence-electron chi connectivity index (χ3n) is 5.26. The van der Waals surface area contributed by atoms with Crippen LogP contribution in [0.5, 0.6) is 0 Å². The number of anilines is 1. The summed E-state index contributed by atoms with van der Waals surface area (Å²) in [7, 11) is 0. The normalized spacial score (nSPS) is 27.8. The number of rotatable bonds is 3. The summed E-state index contributed by atoms with van der Waals surface area (Å²) in [6.45, 7) is 0.853. The van der Waals surface area contributed by atoms with E-state index in [0.29, 0.717) is 17.1 Å². The topological polar surface area (TPSA) is 47.0 Å². The number of nitrogens with one attached hydrogen (secondary N) is 1. The first-order valence-electron chi connectivity index (χ1n) is 8.67. The molecule has 1 aromatic rings. The first kappa shape index (κ1) is 14.7. The first-order valence-corrected chi connectivity index (χ1v) is 9.05. The summed E-state index contributed by atoms with van der Waals surface area (Å²) < 4.78 is 6.17. The third-order valence-corrected chi connectivity index (χ3v) is 5.46. The van der Waals surface area contributed by atoms with Gasteiger partial charge in [0.15, 0.2) is 0 Å². The molecule has 22 heavy (non-hydrogen) atoms. The SMILES string of the molecule is Clc1cc(NC2CCOC3(CCCCC3)C2)nc(C2CC2)n1. The molecule has 4 nitrogen and oxygen atoms in total. The number of hydrogen-bond acceptors (Lipinski definition) is 4. The Balaban J connectivity index is 1.46. The van der Waals surface area contributed by atoms with Gasteiger partial charge in [-0.2, -0.15) is 0 Å². The van der Waals surface area contributed by atoms with Crippen molar-refractivity contribution in [3.8, 4) is 0 Å². The number of nitrogens with zero attached hydrogens (tertiary/aromatic N) is 2. The fourth-order valence-electron chi connectivity index (χ4n) is 3.94. The average Bonchev–Trinajstić information content (AvgIpc) is 3.32. The molecule has 0 aromatic carbocycles. The highest BCUT2D eigenvalue weighted by atomic mass is 35.5. The molecule has 0 radical (unpaired) electrons. The summed E-state index contributed by atoms with van der Waals surface area (Å²) in [6.07, 6.45) is 10.9. The molecule has 1 unspecified atom stereocenters. The van der Waals surface area contributed by atoms with Crippen LogP contribution in [0.4, 0.5) is 5.82 Å². The van der Waals surface area contributed by atoms with Gasteiger partial charge < -0.3 is 10.1 Å². The van der Waals surface area contributed by atoms with E-state index in [4.69, 9.17) is 16.3 Å². The van der Waals surface area contributed by atoms with Crippen LogP contribution in [0.25, 0.3) is 0 Å². The highest BCUT2D eigenvalue weighted by molar-refractivity contribution is 6.29. The van der Waals surface area contributed by atoms with E-state index in [1.165, 1.54) is 44.9 Å². The van der Waals surface area contributed by atoms with E-state index in [1.54, 1.807) is 0 Å². The summed E-state index contributed by atoms with van der Waals surface area (Å²) in [5.41, 5.74) is 0.115. The molecule has 0 bridgehead atoms. The van der Waals surface area contributed by atoms with E-state index in [9.17, 15) is 0 Å². The van der Waals surface area contributed by atoms with Crippen molar-refractivity contribution in [2.24, 2.45) is 0 Å². The van der Waals surface area contributed by atoms with Gasteiger partial charge in [-0.25, -0.2) is 9.97 Å². The summed E-state index contributed by atoms with van der Waals surface area (Å²) in [4.78, 5) is 9.04. The van der Waals surface area contributed by atoms with Gasteiger partial charge in [0, 0.05) is 24.6 Å². The predicted molar refractivity (Wildman–Crippen MR) is 87.4 cm³/mol. The quantitative estimate of drug-likeness (QED) is 0.843. The van der Waals surface area contributed by atoms with Gasteiger partial charge in [-0.3, -0.25) is 0 Å². The van der Waals surface area contributed by atoms with Crippen molar-refractivity contribution in [3.63, 3.8) is 0 Å². The van der Waals surface area contributed by atoms with Crippen LogP contribution in [-0.4, -0.2) is 28.2 Å². The molecule has 1 N–H and O–H groups in total. The zero-order valence-electron chi connectivity index (χ0n) is 13.0. The molecule has 120 valence electrons. The molecular weight excluding hydrogens is 298 g/mol. The van der Waals surface area contributed by atoms with E-state index in [1.807, 2.05) is 6.07 Å². The maximum Gasteiger partial charge on any atom is 0.135 e. The molecule has 1 spiro atoms. The monoisotopic (exact) mass is 321 g/mol. The maximum absolute atomic E-state index is 6.17. The van der Waals surface area contributed by atoms with Crippen LogP contribution in [0.2, 0.25) is 5.15 Å². The van der Waals surface area contributed by atoms with Crippen molar-refractivity contribution in [3.05, 3.63) is 17.0 Å². The second-order valence-electron chi connectivity index (χ2n) is 7.13. The van der Waals surface area contributed by atoms with Crippen LogP contribution < -0.4 is 5.32 Å². The molecular formula is C17H24ClN3O. The Morgan fingerprint density at radius 1 is 1.14 bits per heavy atom. The first-order chi connectivity index (χ1) is 10.7. The van der Waals surface area contributed by atoms with Gasteiger partial charge in [-0.1, -0.05) is 30.9 Å². The van der Waals surface area contributed by atoms with E-state index < -0.39 is 0 Å². The highest BCUT2D eigenvalue weighted by Crippen LogP contribution is 2.40. The summed E-state index contributed by atoms with van der Waals surface area (Å²) >= 11 is 6.17. The minimum absolute atomic E-state index is 0.115. The van der Waals surface area contributed by atoms with Gasteiger partial charge >= 0.3 is 0 Å². The summed E-state index contributed by atoms with van der Waals surface area (Å²) in [5, 5.41) is 4.16. The number of halogens is 1. The number of aromatic nitrogens is 2. The molecule has 5 heteroatoms. The molecule has 3 aliphatic rings. The minimum Gasteiger partial charge on any atom is -0.375 e. The Hall–Kier alpha value is -0.870. The Bertz CT molecular complexity index is 535. The van der Waals surface area contributed by atoms with E-state index in [0.717, 1.165) is 31.1 Å². The number of hydrogen-bond donors (Lipinski definition) is 1. The van der Waals surface area contributed by atoms with Gasteiger partial charge in [0.1, 0.15) is 16.8 Å². The lowest BCUT2D eigenvalue weighted by atomic mass is 9.78. The van der Waals surface area contributed by atoms with E-state index in [2.05, 4.69) is 15.3 Å². The molecule has 0 amide bonds. The average molecular weight is 322 g/mol. The fourth-order valence-corrected chi connectivity index (χ4v) is 4.13. The standard InChI is InChI=1S/C17H24ClN3O/c18-14-10-15(21-16(20-14)12-4-5-12)19-13-6-9-22-17(11-13)7-2-1-3-8-17/h10,12-13H,1-9,11H2,(H,19,20,21). The van der Waals surface area contributed by atoms with Gasteiger partial charge in [0.25, 0.3) is 0 Å². The van der Waals surface area contributed by atoms with Crippen LogP contribution in [0.1, 0.15) is 69.5 Å². The lowest BCUT2D eigenvalue weighted by Gasteiger charge is -2.43. The van der Waals surface area contributed by atoms with Crippen LogP contribution in [0, 0.1) is 0 Å². The largest absolute Gasteiger partial charge is 0.375 e. The van der Waals surface area contributed by atoms with Crippen molar-refractivity contribution in [2.45, 2.75) is 75.3 Å². The maximum atomic E-state index is 6.17. The molecule has 1 aliphatic heterocycles. The second kappa shape index (κ2) is 5.97. The molecule has 1 aromatic heterocycles. The van der Waals surface area contributed by atoms with Crippen molar-refractivity contribution in [2.75, 3.05) is 11.9 Å². The van der Waals surface area contributed by atoms with E-state index >= 15 is 0 Å². The van der Waals surface area contributed by atoms with Crippen molar-refractivity contribution in [1.29, 1.82) is 0 Å². The Morgan fingerprint density at radius 2 is 1.95 bits per heavy atom. The van der Waals surface area contributed by atoms with Crippen molar-refractivity contribution in [1.82, 2.24) is 9.97 Å². The van der Waals surface area contributed by atoms with Crippen LogP contribution in [0.3, 0.4) is 0 Å². The van der Waals surface area contributed by atoms with Crippen LogP contribution in [-0.2, 0) is 4.74 Å². The minimum atomic E-state index is 0.115. The Morgan fingerprint density at radius 3 is 2.73 bits per heavy atom. The zero-order valence-corrected chi connectivity index (χ0v) is 13.7. The Labute approximate surface area is 137 Å². The van der Waals surface area contributed by atoms with E-state index in [-0.39, 0.29) is 5.60 Å². The van der Waals surface area contributed by atoms with Crippen molar-refractivity contribution >= 4 is 17.4 Å². The lowest BCUT2D eigenvalue weighted by Crippen LogP contribution is -2.45. The zero-order chi connectivity index (χ0) is 15.0. The summed E-state index contributed by atoms with van der Waals surface area (Å²) in [5.74, 6) is 2.33. The number of ether oxygens (including phenoxy) is 1. The smallest absolute Gasteiger partial charge is 0.135 e. The van der Waals surface area contributed by atoms with Gasteiger partial charge in [0.2, 0.25) is 0 Å². The predicted octanol–water partition coefficient (Wildman–Crippen LogP) is 4.30. The molecule has 2 heterocycles. The van der Waals surface area contributed by atoms with Crippen LogP contribution >= 0.6 is 11.6 Å². The molecule has 1 atom stereocenters. The lowest BCUT2D eigenvalue weighted by molar-refractivity contribution is -0.103. The highest BCUT2D eigenvalue weighted by Gasteiger charge is 2.38. The molecule has 2 aliphatic carbocycles. The van der Waals surface area contributed by atoms with Crippen molar-refractivity contribution < 1.29 is 4.74 Å². The molecule has 2 saturated carbocycles. The van der Waals surface area contributed by atoms with Gasteiger partial charge in [0.05, 0.1) is 5.60 Å². The van der Waals surface area contributed by atoms with Gasteiger partial charge in [-0.05, 0) is 38.5 Å². The summed E-state index contributed by atoms with van der Waals surface area (Å²) in [6, 6.07) is 2.29. The van der Waals surface area contributed by atoms with Crippen LogP contribution in [0.15, 0.2) is 6.07 Å². The molecule has 4 rings (SSSR count). The fraction of sp³-hybridized carbons (Fsp3) is 0.765. The Kier molecular flexibility index (Phi) is 3.99. The van der Waals surface area contributed by atoms with Gasteiger partial charge in [-0.15, -0.1) is 0 Å². The molecule has 1 saturated heterocycles. The molecule has 3 fully saturated rings. The third kappa shape index (κ3) is 3.23.